The molecule has 5 nitrogen and oxygen atoms in total. The van der Waals surface area contributed by atoms with Gasteiger partial charge in [-0.25, -0.2) is 13.2 Å². The molecule has 0 aliphatic rings. The van der Waals surface area contributed by atoms with E-state index in [1.807, 2.05) is 19.9 Å². The Labute approximate surface area is 135 Å². The van der Waals surface area contributed by atoms with Gasteiger partial charge in [-0.15, -0.1) is 0 Å². The molecule has 0 amide bonds. The zero-order chi connectivity index (χ0) is 17.0. The number of rotatable bonds is 5. The van der Waals surface area contributed by atoms with E-state index in [0.29, 0.717) is 11.3 Å². The molecule has 0 radical (unpaired) electrons. The molecule has 0 aromatic heterocycles. The van der Waals surface area contributed by atoms with Gasteiger partial charge < -0.3 is 5.11 Å². The van der Waals surface area contributed by atoms with Crippen molar-refractivity contribution in [3.8, 4) is 0 Å². The molecule has 120 valence electrons. The van der Waals surface area contributed by atoms with E-state index < -0.39 is 16.0 Å². The van der Waals surface area contributed by atoms with Crippen LogP contribution in [0.5, 0.6) is 0 Å². The third-order valence-corrected chi connectivity index (χ3v) is 4.77. The molecule has 0 unspecified atom stereocenters. The summed E-state index contributed by atoms with van der Waals surface area (Å²) in [6, 6.07) is 11.3. The maximum absolute atomic E-state index is 12.4. The second-order valence-corrected chi connectivity index (χ2v) is 6.83. The minimum atomic E-state index is -3.68. The Kier molecular flexibility index (Phi) is 4.86. The van der Waals surface area contributed by atoms with Gasteiger partial charge in [0.05, 0.1) is 4.90 Å². The molecule has 2 rings (SSSR count). The Bertz CT molecular complexity index is 853. The van der Waals surface area contributed by atoms with E-state index in [1.54, 1.807) is 24.3 Å². The first kappa shape index (κ1) is 16.8. The molecule has 0 saturated carbocycles. The molecule has 0 atom stereocenters. The van der Waals surface area contributed by atoms with Crippen molar-refractivity contribution in [1.29, 1.82) is 0 Å². The van der Waals surface area contributed by atoms with Crippen LogP contribution in [0.3, 0.4) is 0 Å². The summed E-state index contributed by atoms with van der Waals surface area (Å²) in [5, 5.41) is 8.57. The average molecular weight is 331 g/mol. The lowest BCUT2D eigenvalue weighted by molar-refractivity contribution is -0.131. The zero-order valence-electron chi connectivity index (χ0n) is 12.8. The number of aliphatic carboxylic acids is 1. The van der Waals surface area contributed by atoms with Crippen molar-refractivity contribution >= 4 is 27.8 Å². The molecule has 0 heterocycles. The second kappa shape index (κ2) is 6.66. The van der Waals surface area contributed by atoms with Gasteiger partial charge in [0.1, 0.15) is 0 Å². The average Bonchev–Trinajstić information content (AvgIpc) is 2.49. The van der Waals surface area contributed by atoms with Crippen molar-refractivity contribution in [2.24, 2.45) is 0 Å². The molecule has 2 aromatic rings. The first-order chi connectivity index (χ1) is 10.8. The number of nitrogens with one attached hydrogen (secondary N) is 1. The SMILES string of the molecule is Cc1ccc(NS(=O)(=O)c2ccc(/C=C/C(=O)O)cc2)cc1C. The molecule has 0 spiro atoms. The van der Waals surface area contributed by atoms with Crippen LogP contribution in [0.15, 0.2) is 53.4 Å². The summed E-state index contributed by atoms with van der Waals surface area (Å²) >= 11 is 0. The summed E-state index contributed by atoms with van der Waals surface area (Å²) in [6.45, 7) is 3.87. The summed E-state index contributed by atoms with van der Waals surface area (Å²) in [5.74, 6) is -1.06. The van der Waals surface area contributed by atoms with Crippen molar-refractivity contribution in [3.05, 3.63) is 65.2 Å². The van der Waals surface area contributed by atoms with Crippen molar-refractivity contribution in [3.63, 3.8) is 0 Å². The number of anilines is 1. The fourth-order valence-corrected chi connectivity index (χ4v) is 2.99. The van der Waals surface area contributed by atoms with Crippen LogP contribution in [0.25, 0.3) is 6.08 Å². The Balaban J connectivity index is 2.22. The number of carboxylic acids is 1. The van der Waals surface area contributed by atoms with E-state index in [4.69, 9.17) is 5.11 Å². The fourth-order valence-electron chi connectivity index (χ4n) is 1.94. The van der Waals surface area contributed by atoms with Gasteiger partial charge in [0.25, 0.3) is 10.0 Å². The third-order valence-electron chi connectivity index (χ3n) is 3.37. The second-order valence-electron chi connectivity index (χ2n) is 5.15. The highest BCUT2D eigenvalue weighted by atomic mass is 32.2. The predicted molar refractivity (Wildman–Crippen MR) is 89.8 cm³/mol. The Morgan fingerprint density at radius 3 is 2.26 bits per heavy atom. The van der Waals surface area contributed by atoms with Crippen molar-refractivity contribution in [1.82, 2.24) is 0 Å². The minimum absolute atomic E-state index is 0.114. The van der Waals surface area contributed by atoms with Gasteiger partial charge in [0.2, 0.25) is 0 Å². The fraction of sp³-hybridized carbons (Fsp3) is 0.118. The smallest absolute Gasteiger partial charge is 0.328 e. The van der Waals surface area contributed by atoms with Gasteiger partial charge in [-0.3, -0.25) is 4.72 Å². The van der Waals surface area contributed by atoms with Crippen molar-refractivity contribution in [2.75, 3.05) is 4.72 Å². The first-order valence-electron chi connectivity index (χ1n) is 6.89. The van der Waals surface area contributed by atoms with Crippen LogP contribution in [0, 0.1) is 13.8 Å². The zero-order valence-corrected chi connectivity index (χ0v) is 13.6. The van der Waals surface area contributed by atoms with Crippen LogP contribution < -0.4 is 4.72 Å². The van der Waals surface area contributed by atoms with Gasteiger partial charge in [-0.05, 0) is 60.9 Å². The monoisotopic (exact) mass is 331 g/mol. The molecule has 2 aromatic carbocycles. The number of carboxylic acid groups (broad SMARTS) is 1. The normalized spacial score (nSPS) is 11.6. The lowest BCUT2D eigenvalue weighted by Gasteiger charge is -2.10. The van der Waals surface area contributed by atoms with E-state index in [1.165, 1.54) is 18.2 Å². The molecule has 0 fully saturated rings. The van der Waals surface area contributed by atoms with Crippen molar-refractivity contribution in [2.45, 2.75) is 18.7 Å². The molecule has 0 saturated heterocycles. The highest BCUT2D eigenvalue weighted by molar-refractivity contribution is 7.92. The van der Waals surface area contributed by atoms with Gasteiger partial charge in [-0.1, -0.05) is 18.2 Å². The minimum Gasteiger partial charge on any atom is -0.478 e. The molecule has 6 heteroatoms. The van der Waals surface area contributed by atoms with Gasteiger partial charge >= 0.3 is 5.97 Å². The lowest BCUT2D eigenvalue weighted by Crippen LogP contribution is -2.13. The van der Waals surface area contributed by atoms with E-state index in [-0.39, 0.29) is 4.90 Å². The van der Waals surface area contributed by atoms with Crippen LogP contribution in [-0.2, 0) is 14.8 Å². The topological polar surface area (TPSA) is 83.5 Å². The Morgan fingerprint density at radius 1 is 1.04 bits per heavy atom. The molecule has 0 aliphatic carbocycles. The van der Waals surface area contributed by atoms with Crippen LogP contribution in [0.2, 0.25) is 0 Å². The predicted octanol–water partition coefficient (Wildman–Crippen LogP) is 3.20. The molecule has 0 aliphatic heterocycles. The largest absolute Gasteiger partial charge is 0.478 e. The van der Waals surface area contributed by atoms with Gasteiger partial charge in [0, 0.05) is 11.8 Å². The first-order valence-corrected chi connectivity index (χ1v) is 8.37. The van der Waals surface area contributed by atoms with Gasteiger partial charge in [-0.2, -0.15) is 0 Å². The molecular weight excluding hydrogens is 314 g/mol. The standard InChI is InChI=1S/C17H17NO4S/c1-12-3-7-15(11-13(12)2)18-23(21,22)16-8-4-14(5-9-16)6-10-17(19)20/h3-11,18H,1-2H3,(H,19,20)/b10-6+. The number of carbonyl (C=O) groups is 1. The molecule has 23 heavy (non-hydrogen) atoms. The molecule has 0 bridgehead atoms. The summed E-state index contributed by atoms with van der Waals surface area (Å²) in [5.41, 5.74) is 3.20. The lowest BCUT2D eigenvalue weighted by atomic mass is 10.1. The summed E-state index contributed by atoms with van der Waals surface area (Å²) in [7, 11) is -3.68. The van der Waals surface area contributed by atoms with E-state index in [9.17, 15) is 13.2 Å². The van der Waals surface area contributed by atoms with E-state index in [2.05, 4.69) is 4.72 Å². The Hall–Kier alpha value is -2.60. The number of aryl methyl sites for hydroxylation is 2. The molecule has 2 N–H and O–H groups in total. The Morgan fingerprint density at radius 2 is 1.70 bits per heavy atom. The summed E-state index contributed by atoms with van der Waals surface area (Å²) in [6.07, 6.45) is 2.40. The number of hydrogen-bond acceptors (Lipinski definition) is 3. The summed E-state index contributed by atoms with van der Waals surface area (Å²) < 4.78 is 27.2. The summed E-state index contributed by atoms with van der Waals surface area (Å²) in [4.78, 5) is 10.6. The third kappa shape index (κ3) is 4.43. The van der Waals surface area contributed by atoms with E-state index in [0.717, 1.165) is 17.2 Å². The van der Waals surface area contributed by atoms with Crippen LogP contribution in [0.4, 0.5) is 5.69 Å². The van der Waals surface area contributed by atoms with Crippen LogP contribution in [0.1, 0.15) is 16.7 Å². The van der Waals surface area contributed by atoms with Crippen molar-refractivity contribution < 1.29 is 18.3 Å². The van der Waals surface area contributed by atoms with Crippen LogP contribution >= 0.6 is 0 Å². The van der Waals surface area contributed by atoms with E-state index >= 15 is 0 Å². The quantitative estimate of drug-likeness (QED) is 0.824. The number of sulfonamides is 1. The molecular formula is C17H17NO4S. The van der Waals surface area contributed by atoms with Gasteiger partial charge in [0.15, 0.2) is 0 Å². The van der Waals surface area contributed by atoms with Crippen LogP contribution in [-0.4, -0.2) is 19.5 Å². The highest BCUT2D eigenvalue weighted by Crippen LogP contribution is 2.19. The number of hydrogen-bond donors (Lipinski definition) is 2. The maximum atomic E-state index is 12.4. The number of benzene rings is 2. The highest BCUT2D eigenvalue weighted by Gasteiger charge is 2.14. The maximum Gasteiger partial charge on any atom is 0.328 e.